The lowest BCUT2D eigenvalue weighted by atomic mass is 10.2. The summed E-state index contributed by atoms with van der Waals surface area (Å²) in [5.74, 6) is -0.673. The van der Waals surface area contributed by atoms with Crippen LogP contribution in [0, 0.1) is 5.82 Å². The normalized spacial score (nSPS) is 11.3. The first-order chi connectivity index (χ1) is 9.54. The SMILES string of the molecule is CCNCc1cnn(-c2ccc(Cl)c(F)c2)c1C(F)F. The van der Waals surface area contributed by atoms with Gasteiger partial charge < -0.3 is 5.32 Å². The van der Waals surface area contributed by atoms with Gasteiger partial charge in [0.05, 0.1) is 16.9 Å². The molecule has 1 N–H and O–H groups in total. The van der Waals surface area contributed by atoms with Crippen molar-refractivity contribution in [2.45, 2.75) is 19.9 Å². The molecule has 0 atom stereocenters. The van der Waals surface area contributed by atoms with Crippen molar-refractivity contribution < 1.29 is 13.2 Å². The number of aromatic nitrogens is 2. The van der Waals surface area contributed by atoms with Crippen LogP contribution in [0.3, 0.4) is 0 Å². The van der Waals surface area contributed by atoms with Gasteiger partial charge in [0, 0.05) is 18.2 Å². The molecule has 0 aliphatic heterocycles. The lowest BCUT2D eigenvalue weighted by Crippen LogP contribution is -2.13. The topological polar surface area (TPSA) is 29.9 Å². The third kappa shape index (κ3) is 2.96. The Morgan fingerprint density at radius 3 is 2.75 bits per heavy atom. The Balaban J connectivity index is 2.45. The smallest absolute Gasteiger partial charge is 0.280 e. The molecule has 0 aliphatic rings. The first kappa shape index (κ1) is 14.9. The maximum atomic E-state index is 13.4. The predicted molar refractivity (Wildman–Crippen MR) is 70.9 cm³/mol. The summed E-state index contributed by atoms with van der Waals surface area (Å²) in [6.45, 7) is 2.82. The summed E-state index contributed by atoms with van der Waals surface area (Å²) < 4.78 is 40.9. The zero-order chi connectivity index (χ0) is 14.7. The molecule has 0 aliphatic carbocycles. The molecule has 20 heavy (non-hydrogen) atoms. The van der Waals surface area contributed by atoms with Crippen molar-refractivity contribution in [2.24, 2.45) is 0 Å². The van der Waals surface area contributed by atoms with E-state index in [1.165, 1.54) is 18.3 Å². The van der Waals surface area contributed by atoms with Crippen molar-refractivity contribution >= 4 is 11.6 Å². The molecule has 108 valence electrons. The summed E-state index contributed by atoms with van der Waals surface area (Å²) in [5.41, 5.74) is 0.356. The number of hydrogen-bond acceptors (Lipinski definition) is 2. The zero-order valence-corrected chi connectivity index (χ0v) is 11.5. The maximum Gasteiger partial charge on any atom is 0.280 e. The van der Waals surface area contributed by atoms with Gasteiger partial charge in [0.1, 0.15) is 11.5 Å². The van der Waals surface area contributed by atoms with Crippen LogP contribution in [0.1, 0.15) is 24.6 Å². The molecule has 7 heteroatoms. The van der Waals surface area contributed by atoms with E-state index < -0.39 is 12.2 Å². The monoisotopic (exact) mass is 303 g/mol. The molecule has 0 unspecified atom stereocenters. The van der Waals surface area contributed by atoms with Gasteiger partial charge in [-0.15, -0.1) is 0 Å². The molecule has 1 heterocycles. The largest absolute Gasteiger partial charge is 0.313 e. The van der Waals surface area contributed by atoms with E-state index in [4.69, 9.17) is 11.6 Å². The summed E-state index contributed by atoms with van der Waals surface area (Å²) >= 11 is 5.58. The molecule has 0 bridgehead atoms. The van der Waals surface area contributed by atoms with Crippen molar-refractivity contribution in [1.82, 2.24) is 15.1 Å². The molecule has 0 amide bonds. The Labute approximate surface area is 119 Å². The Bertz CT molecular complexity index is 599. The van der Waals surface area contributed by atoms with E-state index in [0.29, 0.717) is 12.1 Å². The van der Waals surface area contributed by atoms with Gasteiger partial charge in [-0.05, 0) is 18.7 Å². The summed E-state index contributed by atoms with van der Waals surface area (Å²) in [6.07, 6.45) is -1.35. The standard InChI is InChI=1S/C13H13ClF3N3/c1-2-18-6-8-7-19-20(12(8)13(16)17)9-3-4-10(14)11(15)5-9/h3-5,7,13,18H,2,6H2,1H3. The fourth-order valence-electron chi connectivity index (χ4n) is 1.84. The average Bonchev–Trinajstić information content (AvgIpc) is 2.83. The van der Waals surface area contributed by atoms with Gasteiger partial charge in [-0.2, -0.15) is 5.10 Å². The minimum atomic E-state index is -2.70. The molecular weight excluding hydrogens is 291 g/mol. The first-order valence-electron chi connectivity index (χ1n) is 6.05. The number of hydrogen-bond donors (Lipinski definition) is 1. The second-order valence-corrected chi connectivity index (χ2v) is 4.55. The molecule has 1 aromatic carbocycles. The van der Waals surface area contributed by atoms with Crippen LogP contribution in [0.15, 0.2) is 24.4 Å². The van der Waals surface area contributed by atoms with Crippen LogP contribution in [0.5, 0.6) is 0 Å². The fraction of sp³-hybridized carbons (Fsp3) is 0.308. The van der Waals surface area contributed by atoms with Crippen LogP contribution in [-0.4, -0.2) is 16.3 Å². The van der Waals surface area contributed by atoms with Gasteiger partial charge in [0.25, 0.3) is 6.43 Å². The van der Waals surface area contributed by atoms with Gasteiger partial charge in [-0.3, -0.25) is 0 Å². The van der Waals surface area contributed by atoms with Crippen LogP contribution in [0.4, 0.5) is 13.2 Å². The van der Waals surface area contributed by atoms with E-state index in [0.717, 1.165) is 10.7 Å². The quantitative estimate of drug-likeness (QED) is 0.912. The number of rotatable bonds is 5. The van der Waals surface area contributed by atoms with Gasteiger partial charge in [-0.25, -0.2) is 17.9 Å². The summed E-state index contributed by atoms with van der Waals surface area (Å²) in [4.78, 5) is 0. The molecule has 3 nitrogen and oxygen atoms in total. The van der Waals surface area contributed by atoms with E-state index in [-0.39, 0.29) is 22.9 Å². The Hall–Kier alpha value is -1.53. The number of nitrogens with one attached hydrogen (secondary N) is 1. The van der Waals surface area contributed by atoms with Crippen molar-refractivity contribution in [3.63, 3.8) is 0 Å². The van der Waals surface area contributed by atoms with E-state index >= 15 is 0 Å². The van der Waals surface area contributed by atoms with E-state index in [1.807, 2.05) is 6.92 Å². The molecule has 2 rings (SSSR count). The van der Waals surface area contributed by atoms with Gasteiger partial charge in [-0.1, -0.05) is 18.5 Å². The second kappa shape index (κ2) is 6.28. The van der Waals surface area contributed by atoms with Crippen LogP contribution in [0.25, 0.3) is 5.69 Å². The minimum absolute atomic E-state index is 0.0626. The van der Waals surface area contributed by atoms with Crippen molar-refractivity contribution in [3.8, 4) is 5.69 Å². The molecular formula is C13H13ClF3N3. The molecule has 0 spiro atoms. The highest BCUT2D eigenvalue weighted by Gasteiger charge is 2.21. The van der Waals surface area contributed by atoms with Crippen molar-refractivity contribution in [2.75, 3.05) is 6.54 Å². The highest BCUT2D eigenvalue weighted by atomic mass is 35.5. The number of alkyl halides is 2. The van der Waals surface area contributed by atoms with Crippen LogP contribution >= 0.6 is 11.6 Å². The number of nitrogens with zero attached hydrogens (tertiary/aromatic N) is 2. The highest BCUT2D eigenvalue weighted by Crippen LogP contribution is 2.27. The number of benzene rings is 1. The molecule has 1 aromatic heterocycles. The summed E-state index contributed by atoms with van der Waals surface area (Å²) in [5, 5.41) is 6.82. The van der Waals surface area contributed by atoms with E-state index in [1.54, 1.807) is 0 Å². The van der Waals surface area contributed by atoms with Gasteiger partial charge in [0.2, 0.25) is 0 Å². The highest BCUT2D eigenvalue weighted by molar-refractivity contribution is 6.30. The summed E-state index contributed by atoms with van der Waals surface area (Å²) in [7, 11) is 0. The third-order valence-electron chi connectivity index (χ3n) is 2.81. The van der Waals surface area contributed by atoms with Crippen molar-refractivity contribution in [1.29, 1.82) is 0 Å². The minimum Gasteiger partial charge on any atom is -0.313 e. The van der Waals surface area contributed by atoms with E-state index in [2.05, 4.69) is 10.4 Å². The Morgan fingerprint density at radius 2 is 2.15 bits per heavy atom. The molecule has 0 radical (unpaired) electrons. The lowest BCUT2D eigenvalue weighted by Gasteiger charge is -2.09. The molecule has 0 saturated heterocycles. The van der Waals surface area contributed by atoms with Gasteiger partial charge in [0.15, 0.2) is 0 Å². The predicted octanol–water partition coefficient (Wildman–Crippen LogP) is 3.71. The van der Waals surface area contributed by atoms with E-state index in [9.17, 15) is 13.2 Å². The maximum absolute atomic E-state index is 13.4. The molecule has 0 saturated carbocycles. The molecule has 2 aromatic rings. The van der Waals surface area contributed by atoms with Gasteiger partial charge >= 0.3 is 0 Å². The van der Waals surface area contributed by atoms with Crippen molar-refractivity contribution in [3.05, 3.63) is 46.5 Å². The van der Waals surface area contributed by atoms with Crippen LogP contribution in [0.2, 0.25) is 5.02 Å². The fourth-order valence-corrected chi connectivity index (χ4v) is 1.96. The van der Waals surface area contributed by atoms with Crippen LogP contribution < -0.4 is 5.32 Å². The zero-order valence-electron chi connectivity index (χ0n) is 10.7. The summed E-state index contributed by atoms with van der Waals surface area (Å²) in [6, 6.07) is 3.84. The second-order valence-electron chi connectivity index (χ2n) is 4.15. The average molecular weight is 304 g/mol. The Kier molecular flexibility index (Phi) is 4.67. The Morgan fingerprint density at radius 1 is 1.40 bits per heavy atom. The number of halogens is 4. The third-order valence-corrected chi connectivity index (χ3v) is 3.11. The van der Waals surface area contributed by atoms with Crippen LogP contribution in [-0.2, 0) is 6.54 Å². The molecule has 0 fully saturated rings. The first-order valence-corrected chi connectivity index (χ1v) is 6.43. The lowest BCUT2D eigenvalue weighted by molar-refractivity contribution is 0.141.